The molecule has 1 amide bonds. The lowest BCUT2D eigenvalue weighted by Gasteiger charge is -2.21. The summed E-state index contributed by atoms with van der Waals surface area (Å²) in [5.41, 5.74) is 1.82. The molecule has 1 heterocycles. The number of hydrogen-bond donors (Lipinski definition) is 1. The summed E-state index contributed by atoms with van der Waals surface area (Å²) in [6.45, 7) is 7.04. The van der Waals surface area contributed by atoms with Crippen molar-refractivity contribution in [2.24, 2.45) is 5.92 Å². The Kier molecular flexibility index (Phi) is 7.20. The summed E-state index contributed by atoms with van der Waals surface area (Å²) in [6, 6.07) is 11.2. The maximum absolute atomic E-state index is 12.8. The molecule has 0 saturated heterocycles. The molecular weight excluding hydrogens is 434 g/mol. The highest BCUT2D eigenvalue weighted by molar-refractivity contribution is 6.33. The first-order chi connectivity index (χ1) is 15.2. The molecule has 3 aromatic rings. The highest BCUT2D eigenvalue weighted by Gasteiger charge is 2.28. The minimum absolute atomic E-state index is 0.0284. The van der Waals surface area contributed by atoms with Gasteiger partial charge in [0.05, 0.1) is 5.02 Å². The number of halogens is 1. The predicted molar refractivity (Wildman–Crippen MR) is 121 cm³/mol. The van der Waals surface area contributed by atoms with Crippen molar-refractivity contribution < 1.29 is 23.5 Å². The highest BCUT2D eigenvalue weighted by atomic mass is 35.5. The van der Waals surface area contributed by atoms with Crippen LogP contribution in [0.2, 0.25) is 5.02 Å². The van der Waals surface area contributed by atoms with Crippen LogP contribution in [0.5, 0.6) is 5.75 Å². The van der Waals surface area contributed by atoms with Gasteiger partial charge >= 0.3 is 17.7 Å². The molecule has 7 nitrogen and oxygen atoms in total. The monoisotopic (exact) mass is 457 g/mol. The van der Waals surface area contributed by atoms with E-state index in [9.17, 15) is 14.4 Å². The van der Waals surface area contributed by atoms with Crippen LogP contribution >= 0.6 is 11.6 Å². The van der Waals surface area contributed by atoms with Gasteiger partial charge in [-0.2, -0.15) is 0 Å². The zero-order chi connectivity index (χ0) is 23.4. The second-order valence-corrected chi connectivity index (χ2v) is 8.17. The normalized spacial score (nSPS) is 11.9. The van der Waals surface area contributed by atoms with E-state index >= 15 is 0 Å². The van der Waals surface area contributed by atoms with Crippen molar-refractivity contribution in [2.45, 2.75) is 40.3 Å². The van der Waals surface area contributed by atoms with Crippen LogP contribution in [-0.2, 0) is 16.1 Å². The third-order valence-electron chi connectivity index (χ3n) is 5.13. The van der Waals surface area contributed by atoms with E-state index in [0.29, 0.717) is 10.9 Å². The van der Waals surface area contributed by atoms with Gasteiger partial charge in [-0.25, -0.2) is 14.4 Å². The van der Waals surface area contributed by atoms with Crippen molar-refractivity contribution >= 4 is 34.6 Å². The van der Waals surface area contributed by atoms with Crippen molar-refractivity contribution in [3.8, 4) is 5.75 Å². The predicted octanol–water partition coefficient (Wildman–Crippen LogP) is 4.92. The molecule has 1 atom stereocenters. The highest BCUT2D eigenvalue weighted by Crippen LogP contribution is 2.32. The average Bonchev–Trinajstić information content (AvgIpc) is 2.76. The largest absolute Gasteiger partial charge is 0.445 e. The third-order valence-corrected chi connectivity index (χ3v) is 5.42. The van der Waals surface area contributed by atoms with Crippen LogP contribution in [0.25, 0.3) is 11.0 Å². The molecule has 2 aromatic carbocycles. The maximum atomic E-state index is 12.8. The molecular formula is C24H24ClNO6. The molecule has 0 fully saturated rings. The fourth-order valence-electron chi connectivity index (χ4n) is 3.08. The van der Waals surface area contributed by atoms with Crippen LogP contribution in [-0.4, -0.2) is 18.1 Å². The van der Waals surface area contributed by atoms with Gasteiger partial charge in [-0.15, -0.1) is 0 Å². The first kappa shape index (κ1) is 23.3. The fraction of sp³-hybridized carbons (Fsp3) is 0.292. The first-order valence-electron chi connectivity index (χ1n) is 10.1. The van der Waals surface area contributed by atoms with E-state index in [1.807, 2.05) is 30.3 Å². The molecule has 168 valence electrons. The van der Waals surface area contributed by atoms with E-state index in [1.165, 1.54) is 6.07 Å². The van der Waals surface area contributed by atoms with Crippen LogP contribution in [0, 0.1) is 19.8 Å². The lowest BCUT2D eigenvalue weighted by Crippen LogP contribution is -2.46. The topological polar surface area (TPSA) is 94.8 Å². The van der Waals surface area contributed by atoms with Crippen molar-refractivity contribution in [3.63, 3.8) is 0 Å². The van der Waals surface area contributed by atoms with Crippen molar-refractivity contribution in [2.75, 3.05) is 0 Å². The smallest absolute Gasteiger partial charge is 0.408 e. The Morgan fingerprint density at radius 2 is 1.78 bits per heavy atom. The quantitative estimate of drug-likeness (QED) is 0.320. The van der Waals surface area contributed by atoms with Gasteiger partial charge in [0, 0.05) is 17.0 Å². The van der Waals surface area contributed by atoms with E-state index in [0.717, 1.165) is 11.1 Å². The van der Waals surface area contributed by atoms with Crippen molar-refractivity contribution in [3.05, 3.63) is 74.6 Å². The molecule has 0 aliphatic heterocycles. The number of carbonyl (C=O) groups excluding carboxylic acids is 2. The van der Waals surface area contributed by atoms with Crippen LogP contribution in [0.1, 0.15) is 30.5 Å². The van der Waals surface area contributed by atoms with Gasteiger partial charge in [0.15, 0.2) is 5.75 Å². The van der Waals surface area contributed by atoms with Gasteiger partial charge < -0.3 is 19.2 Å². The van der Waals surface area contributed by atoms with Gasteiger partial charge in [-0.3, -0.25) is 0 Å². The van der Waals surface area contributed by atoms with Crippen LogP contribution in [0.15, 0.2) is 51.7 Å². The lowest BCUT2D eigenvalue weighted by atomic mass is 10.0. The Morgan fingerprint density at radius 3 is 2.44 bits per heavy atom. The van der Waals surface area contributed by atoms with Crippen LogP contribution in [0.4, 0.5) is 4.79 Å². The Bertz CT molecular complexity index is 1200. The van der Waals surface area contributed by atoms with Gasteiger partial charge in [0.1, 0.15) is 18.2 Å². The summed E-state index contributed by atoms with van der Waals surface area (Å²) >= 11 is 6.31. The Hall–Kier alpha value is -3.32. The van der Waals surface area contributed by atoms with Crippen LogP contribution < -0.4 is 15.7 Å². The number of alkyl carbamates (subject to hydrolysis) is 1. The Balaban J connectivity index is 1.75. The number of ether oxygens (including phenoxy) is 2. The molecule has 0 aliphatic carbocycles. The number of nitrogens with one attached hydrogen (secondary N) is 1. The molecule has 1 aromatic heterocycles. The molecule has 0 radical (unpaired) electrons. The zero-order valence-corrected chi connectivity index (χ0v) is 19.0. The first-order valence-corrected chi connectivity index (χ1v) is 10.5. The second-order valence-electron chi connectivity index (χ2n) is 7.77. The summed E-state index contributed by atoms with van der Waals surface area (Å²) in [7, 11) is 0. The second kappa shape index (κ2) is 9.87. The molecule has 0 saturated carbocycles. The van der Waals surface area contributed by atoms with E-state index in [2.05, 4.69) is 5.32 Å². The number of aryl methyl sites for hydroxylation is 1. The minimum Gasteiger partial charge on any atom is -0.445 e. The molecule has 0 spiro atoms. The Morgan fingerprint density at radius 1 is 1.09 bits per heavy atom. The molecule has 0 bridgehead atoms. The molecule has 32 heavy (non-hydrogen) atoms. The van der Waals surface area contributed by atoms with Gasteiger partial charge in [-0.05, 0) is 37.0 Å². The number of benzene rings is 2. The fourth-order valence-corrected chi connectivity index (χ4v) is 3.29. The van der Waals surface area contributed by atoms with Crippen LogP contribution in [0.3, 0.4) is 0 Å². The zero-order valence-electron chi connectivity index (χ0n) is 18.2. The SMILES string of the molecule is Cc1c(C)c2cc(Cl)c(OC(=O)[C@@H](NC(=O)OCc3ccccc3)C(C)C)cc2oc1=O. The minimum atomic E-state index is -0.975. The molecule has 0 aliphatic rings. The lowest BCUT2D eigenvalue weighted by molar-refractivity contribution is -0.137. The number of rotatable bonds is 6. The van der Waals surface area contributed by atoms with Crippen molar-refractivity contribution in [1.82, 2.24) is 5.32 Å². The maximum Gasteiger partial charge on any atom is 0.408 e. The van der Waals surface area contributed by atoms with Gasteiger partial charge in [0.25, 0.3) is 0 Å². The number of esters is 1. The summed E-state index contributed by atoms with van der Waals surface area (Å²) in [5.74, 6) is -0.974. The summed E-state index contributed by atoms with van der Waals surface area (Å²) in [4.78, 5) is 37.0. The van der Waals surface area contributed by atoms with E-state index < -0.39 is 23.7 Å². The van der Waals surface area contributed by atoms with E-state index in [4.69, 9.17) is 25.5 Å². The van der Waals surface area contributed by atoms with Gasteiger partial charge in [-0.1, -0.05) is 55.8 Å². The molecule has 3 rings (SSSR count). The number of fused-ring (bicyclic) bond motifs is 1. The van der Waals surface area contributed by atoms with E-state index in [1.54, 1.807) is 33.8 Å². The molecule has 0 unspecified atom stereocenters. The Labute approximate surface area is 190 Å². The number of carbonyl (C=O) groups is 2. The summed E-state index contributed by atoms with van der Waals surface area (Å²) in [6.07, 6.45) is -0.744. The molecule has 8 heteroatoms. The summed E-state index contributed by atoms with van der Waals surface area (Å²) in [5, 5.41) is 3.36. The summed E-state index contributed by atoms with van der Waals surface area (Å²) < 4.78 is 15.9. The number of hydrogen-bond acceptors (Lipinski definition) is 6. The van der Waals surface area contributed by atoms with Gasteiger partial charge in [0.2, 0.25) is 0 Å². The number of amides is 1. The van der Waals surface area contributed by atoms with E-state index in [-0.39, 0.29) is 28.9 Å². The molecule has 1 N–H and O–H groups in total. The third kappa shape index (κ3) is 5.29. The average molecular weight is 458 g/mol. The standard InChI is InChI=1S/C24H24ClNO6/c1-13(2)21(26-24(29)30-12-16-8-6-5-7-9-16)23(28)32-20-11-19-17(10-18(20)25)14(3)15(4)22(27)31-19/h5-11,13,21H,12H2,1-4H3,(H,26,29)/t21-/m0/s1. The van der Waals surface area contributed by atoms with Crippen molar-refractivity contribution in [1.29, 1.82) is 0 Å².